The summed E-state index contributed by atoms with van der Waals surface area (Å²) in [5.74, 6) is 0.0360. The number of aromatic hydroxyl groups is 1. The average Bonchev–Trinajstić information content (AvgIpc) is 3.05. The number of aromatic nitrogens is 3. The molecule has 0 aliphatic rings. The van der Waals surface area contributed by atoms with Crippen LogP contribution >= 0.6 is 0 Å². The van der Waals surface area contributed by atoms with E-state index in [1.807, 2.05) is 4.57 Å². The number of hydrogen-bond donors (Lipinski definition) is 5. The van der Waals surface area contributed by atoms with E-state index < -0.39 is 6.10 Å². The Kier molecular flexibility index (Phi) is 5.70. The van der Waals surface area contributed by atoms with Crippen molar-refractivity contribution in [3.63, 3.8) is 0 Å². The minimum Gasteiger partial charge on any atom is -0.508 e. The normalized spacial score (nSPS) is 13.2. The van der Waals surface area contributed by atoms with Gasteiger partial charge in [-0.25, -0.2) is 4.57 Å². The Balaban J connectivity index is 1.88. The van der Waals surface area contributed by atoms with Gasteiger partial charge in [0.2, 0.25) is 6.33 Å². The zero-order chi connectivity index (χ0) is 16.9. The van der Waals surface area contributed by atoms with E-state index in [0.717, 1.165) is 13.0 Å². The molecular weight excluding hydrogens is 296 g/mol. The quantitative estimate of drug-likeness (QED) is 0.452. The van der Waals surface area contributed by atoms with Gasteiger partial charge in [0.25, 0.3) is 6.33 Å². The zero-order valence-electron chi connectivity index (χ0n) is 13.5. The first-order chi connectivity index (χ1) is 10.9. The minimum atomic E-state index is -0.707. The number of hydrogen-bond acceptors (Lipinski definition) is 5. The number of H-pyrrole nitrogens is 1. The highest BCUT2D eigenvalue weighted by Gasteiger charge is 2.20. The van der Waals surface area contributed by atoms with Gasteiger partial charge in [0.1, 0.15) is 5.75 Å². The van der Waals surface area contributed by atoms with E-state index in [9.17, 15) is 15.3 Å². The fourth-order valence-corrected chi connectivity index (χ4v) is 2.30. The fourth-order valence-electron chi connectivity index (χ4n) is 2.30. The molecule has 2 aromatic rings. The average molecular weight is 321 g/mol. The van der Waals surface area contributed by atoms with E-state index in [0.29, 0.717) is 17.7 Å². The lowest BCUT2D eigenvalue weighted by atomic mass is 9.99. The summed E-state index contributed by atoms with van der Waals surface area (Å²) in [6.45, 7) is 5.11. The van der Waals surface area contributed by atoms with E-state index >= 15 is 0 Å². The van der Waals surface area contributed by atoms with Crippen molar-refractivity contribution >= 4 is 0 Å². The van der Waals surface area contributed by atoms with E-state index in [1.165, 1.54) is 6.07 Å². The molecule has 5 N–H and O–H groups in total. The SMILES string of the molecule is CC(C)(CC[n+]1cn[nH]c1)NCC(O)c1ccc(O)c(CO)c1. The number of aliphatic hydroxyl groups is 2. The summed E-state index contributed by atoms with van der Waals surface area (Å²) in [5, 5.41) is 39.1. The minimum absolute atomic E-state index is 0.0360. The predicted octanol–water partition coefficient (Wildman–Crippen LogP) is 0.387. The third kappa shape index (κ3) is 5.02. The summed E-state index contributed by atoms with van der Waals surface area (Å²) < 4.78 is 1.97. The van der Waals surface area contributed by atoms with Gasteiger partial charge < -0.3 is 20.6 Å². The van der Waals surface area contributed by atoms with E-state index in [1.54, 1.807) is 24.8 Å². The third-order valence-electron chi connectivity index (χ3n) is 3.93. The van der Waals surface area contributed by atoms with Crippen LogP contribution in [0.3, 0.4) is 0 Å². The van der Waals surface area contributed by atoms with Crippen LogP contribution in [0.5, 0.6) is 5.75 Å². The standard InChI is InChI=1S/C16H24N4O3/c1-16(2,5-6-20-10-18-19-11-20)17-8-15(23)12-3-4-14(22)13(7-12)9-21/h3-4,7,10-11,15,17,21-23H,5-6,8-9H2,1-2H3/p+1. The van der Waals surface area contributed by atoms with Crippen molar-refractivity contribution in [3.8, 4) is 5.75 Å². The summed E-state index contributed by atoms with van der Waals surface area (Å²) in [6.07, 6.45) is 3.71. The molecule has 7 nitrogen and oxygen atoms in total. The molecule has 0 bridgehead atoms. The first-order valence-corrected chi connectivity index (χ1v) is 7.65. The molecule has 1 heterocycles. The summed E-state index contributed by atoms with van der Waals surface area (Å²) in [5.41, 5.74) is 0.929. The highest BCUT2D eigenvalue weighted by atomic mass is 16.3. The van der Waals surface area contributed by atoms with Gasteiger partial charge in [-0.2, -0.15) is 0 Å². The molecule has 0 aliphatic heterocycles. The molecule has 7 heteroatoms. The Bertz CT molecular complexity index is 614. The molecule has 0 amide bonds. The van der Waals surface area contributed by atoms with Gasteiger partial charge in [-0.15, -0.1) is 5.10 Å². The summed E-state index contributed by atoms with van der Waals surface area (Å²) in [4.78, 5) is 0. The molecule has 1 atom stereocenters. The number of nitrogens with one attached hydrogen (secondary N) is 2. The van der Waals surface area contributed by atoms with Gasteiger partial charge in [0.15, 0.2) is 0 Å². The zero-order valence-corrected chi connectivity index (χ0v) is 13.5. The molecule has 23 heavy (non-hydrogen) atoms. The number of aromatic amines is 1. The second-order valence-corrected chi connectivity index (χ2v) is 6.32. The Labute approximate surface area is 135 Å². The van der Waals surface area contributed by atoms with Crippen LogP contribution < -0.4 is 9.88 Å². The molecule has 1 aromatic heterocycles. The number of nitrogens with zero attached hydrogens (tertiary/aromatic N) is 2. The van der Waals surface area contributed by atoms with Crippen LogP contribution in [0.2, 0.25) is 0 Å². The number of aliphatic hydroxyl groups excluding tert-OH is 2. The Morgan fingerprint density at radius 3 is 2.83 bits per heavy atom. The van der Waals surface area contributed by atoms with Crippen LogP contribution in [0, 0.1) is 0 Å². The topological polar surface area (TPSA) is 105 Å². The van der Waals surface area contributed by atoms with E-state index in [4.69, 9.17) is 0 Å². The lowest BCUT2D eigenvalue weighted by Crippen LogP contribution is -2.45. The Morgan fingerprint density at radius 1 is 1.39 bits per heavy atom. The van der Waals surface area contributed by atoms with Crippen LogP contribution in [0.1, 0.15) is 37.5 Å². The van der Waals surface area contributed by atoms with E-state index in [2.05, 4.69) is 29.4 Å². The molecule has 0 fully saturated rings. The third-order valence-corrected chi connectivity index (χ3v) is 3.93. The molecule has 0 spiro atoms. The number of rotatable bonds is 8. The number of benzene rings is 1. The highest BCUT2D eigenvalue weighted by Crippen LogP contribution is 2.22. The molecule has 126 valence electrons. The van der Waals surface area contributed by atoms with Gasteiger partial charge in [-0.3, -0.25) is 0 Å². The second-order valence-electron chi connectivity index (χ2n) is 6.32. The molecule has 1 unspecified atom stereocenters. The van der Waals surface area contributed by atoms with Crippen molar-refractivity contribution < 1.29 is 19.9 Å². The lowest BCUT2D eigenvalue weighted by molar-refractivity contribution is -0.698. The molecule has 0 aliphatic carbocycles. The summed E-state index contributed by atoms with van der Waals surface area (Å²) in [7, 11) is 0. The molecule has 0 saturated heterocycles. The highest BCUT2D eigenvalue weighted by molar-refractivity contribution is 5.36. The Hall–Kier alpha value is -1.96. The van der Waals surface area contributed by atoms with Gasteiger partial charge in [0.05, 0.1) is 19.3 Å². The van der Waals surface area contributed by atoms with Crippen molar-refractivity contribution in [1.29, 1.82) is 0 Å². The van der Waals surface area contributed by atoms with Crippen molar-refractivity contribution in [2.45, 2.75) is 45.1 Å². The molecule has 0 radical (unpaired) electrons. The van der Waals surface area contributed by atoms with E-state index in [-0.39, 0.29) is 17.9 Å². The second kappa shape index (κ2) is 7.54. The maximum absolute atomic E-state index is 10.3. The number of β-amino-alcohol motifs (C(OH)–C–C–N with tert-alkyl or cyclic N) is 1. The number of aryl methyl sites for hydroxylation is 1. The molecule has 1 aromatic carbocycles. The maximum atomic E-state index is 10.3. The Morgan fingerprint density at radius 2 is 2.17 bits per heavy atom. The monoisotopic (exact) mass is 321 g/mol. The van der Waals surface area contributed by atoms with Crippen molar-refractivity contribution in [1.82, 2.24) is 15.5 Å². The van der Waals surface area contributed by atoms with Gasteiger partial charge >= 0.3 is 0 Å². The van der Waals surface area contributed by atoms with Crippen LogP contribution in [0.25, 0.3) is 0 Å². The van der Waals surface area contributed by atoms with Crippen molar-refractivity contribution in [2.75, 3.05) is 6.54 Å². The lowest BCUT2D eigenvalue weighted by Gasteiger charge is -2.27. The number of phenols is 1. The van der Waals surface area contributed by atoms with Crippen LogP contribution in [-0.4, -0.2) is 37.6 Å². The van der Waals surface area contributed by atoms with Gasteiger partial charge in [-0.1, -0.05) is 6.07 Å². The van der Waals surface area contributed by atoms with Gasteiger partial charge in [0, 0.05) is 22.7 Å². The van der Waals surface area contributed by atoms with Crippen LogP contribution in [0.4, 0.5) is 0 Å². The largest absolute Gasteiger partial charge is 0.508 e. The molecule has 0 saturated carbocycles. The van der Waals surface area contributed by atoms with Crippen LogP contribution in [0.15, 0.2) is 30.9 Å². The first-order valence-electron chi connectivity index (χ1n) is 7.65. The molecular formula is C16H25N4O3+. The summed E-state index contributed by atoms with van der Waals surface area (Å²) in [6, 6.07) is 4.77. The summed E-state index contributed by atoms with van der Waals surface area (Å²) >= 11 is 0. The smallest absolute Gasteiger partial charge is 0.264 e. The first kappa shape index (κ1) is 17.4. The van der Waals surface area contributed by atoms with Crippen LogP contribution in [-0.2, 0) is 13.2 Å². The maximum Gasteiger partial charge on any atom is 0.264 e. The van der Waals surface area contributed by atoms with Gasteiger partial charge in [-0.05, 0) is 38.0 Å². The fraction of sp³-hybridized carbons (Fsp3) is 0.500. The van der Waals surface area contributed by atoms with Crippen molar-refractivity contribution in [3.05, 3.63) is 42.0 Å². The molecule has 2 rings (SSSR count). The predicted molar refractivity (Wildman–Crippen MR) is 84.5 cm³/mol. The van der Waals surface area contributed by atoms with Crippen molar-refractivity contribution in [2.24, 2.45) is 0 Å².